The summed E-state index contributed by atoms with van der Waals surface area (Å²) in [5.74, 6) is 5.42. The van der Waals surface area contributed by atoms with E-state index >= 15 is 0 Å². The van der Waals surface area contributed by atoms with Crippen LogP contribution >= 0.6 is 0 Å². The van der Waals surface area contributed by atoms with Crippen molar-refractivity contribution in [3.05, 3.63) is 46.4 Å². The van der Waals surface area contributed by atoms with Gasteiger partial charge in [0.05, 0.1) is 4.92 Å². The normalized spacial score (nSPS) is 10.1. The average Bonchev–Trinajstić information content (AvgIpc) is 2.48. The summed E-state index contributed by atoms with van der Waals surface area (Å²) in [5, 5.41) is 13.8. The molecule has 0 saturated heterocycles. The summed E-state index contributed by atoms with van der Waals surface area (Å²) in [6.07, 6.45) is 5.20. The molecule has 9 heteroatoms. The minimum Gasteiger partial charge on any atom is -0.364 e. The first kappa shape index (κ1) is 13.6. The monoisotopic (exact) mass is 275 g/mol. The molecule has 0 atom stereocenters. The van der Waals surface area contributed by atoms with Crippen molar-refractivity contribution in [1.82, 2.24) is 15.0 Å². The summed E-state index contributed by atoms with van der Waals surface area (Å²) in [5.41, 5.74) is 3.07. The first-order chi connectivity index (χ1) is 9.70. The fourth-order valence-electron chi connectivity index (χ4n) is 1.58. The second-order valence-electron chi connectivity index (χ2n) is 3.87. The lowest BCUT2D eigenvalue weighted by molar-refractivity contribution is -0.384. The Kier molecular flexibility index (Phi) is 4.35. The van der Waals surface area contributed by atoms with Gasteiger partial charge in [0.15, 0.2) is 0 Å². The zero-order chi connectivity index (χ0) is 14.4. The van der Waals surface area contributed by atoms with Crippen LogP contribution in [0.5, 0.6) is 0 Å². The molecule has 2 aromatic rings. The largest absolute Gasteiger partial charge is 0.364 e. The molecule has 0 aliphatic carbocycles. The van der Waals surface area contributed by atoms with E-state index < -0.39 is 4.92 Å². The van der Waals surface area contributed by atoms with Crippen LogP contribution in [0.1, 0.15) is 5.56 Å². The minimum atomic E-state index is -0.549. The Morgan fingerprint density at radius 3 is 2.90 bits per heavy atom. The summed E-state index contributed by atoms with van der Waals surface area (Å²) < 4.78 is 0. The summed E-state index contributed by atoms with van der Waals surface area (Å²) in [6.45, 7) is 0.480. The topological polar surface area (TPSA) is 132 Å². The number of hydrogen-bond donors (Lipinski definition) is 3. The molecule has 0 spiro atoms. The highest BCUT2D eigenvalue weighted by Crippen LogP contribution is 2.21. The fourth-order valence-corrected chi connectivity index (χ4v) is 1.58. The van der Waals surface area contributed by atoms with Gasteiger partial charge in [0.1, 0.15) is 6.20 Å². The van der Waals surface area contributed by atoms with Gasteiger partial charge in [-0.3, -0.25) is 20.5 Å². The van der Waals surface area contributed by atoms with Crippen LogP contribution in [0.3, 0.4) is 0 Å². The van der Waals surface area contributed by atoms with Crippen LogP contribution in [0, 0.1) is 10.1 Å². The van der Waals surface area contributed by atoms with Gasteiger partial charge in [-0.25, -0.2) is 10.8 Å². The number of nitro groups is 1. The second kappa shape index (κ2) is 6.38. The number of nitrogens with zero attached hydrogens (tertiary/aromatic N) is 4. The number of hydrogen-bond acceptors (Lipinski definition) is 8. The molecule has 0 aromatic carbocycles. The van der Waals surface area contributed by atoms with Gasteiger partial charge < -0.3 is 5.32 Å². The van der Waals surface area contributed by atoms with Gasteiger partial charge in [-0.15, -0.1) is 0 Å². The Morgan fingerprint density at radius 1 is 1.40 bits per heavy atom. The summed E-state index contributed by atoms with van der Waals surface area (Å²) >= 11 is 0. The van der Waals surface area contributed by atoms with Crippen LogP contribution in [-0.4, -0.2) is 26.4 Å². The maximum Gasteiger partial charge on any atom is 0.329 e. The minimum absolute atomic E-state index is 0.111. The molecule has 2 rings (SSSR count). The molecule has 0 fully saturated rings. The smallest absolute Gasteiger partial charge is 0.329 e. The predicted molar refractivity (Wildman–Crippen MR) is 72.9 cm³/mol. The van der Waals surface area contributed by atoms with Gasteiger partial charge in [-0.05, 0) is 18.1 Å². The highest BCUT2D eigenvalue weighted by molar-refractivity contribution is 5.56. The Balaban J connectivity index is 2.06. The third-order valence-corrected chi connectivity index (χ3v) is 2.52. The molecule has 4 N–H and O–H groups in total. The number of nitrogens with one attached hydrogen (secondary N) is 2. The Hall–Kier alpha value is -2.81. The van der Waals surface area contributed by atoms with Crippen molar-refractivity contribution in [1.29, 1.82) is 0 Å². The first-order valence-electron chi connectivity index (χ1n) is 5.81. The summed E-state index contributed by atoms with van der Waals surface area (Å²) in [7, 11) is 0. The van der Waals surface area contributed by atoms with Gasteiger partial charge >= 0.3 is 5.69 Å². The van der Waals surface area contributed by atoms with E-state index in [1.807, 2.05) is 12.1 Å². The lowest BCUT2D eigenvalue weighted by Crippen LogP contribution is -2.14. The van der Waals surface area contributed by atoms with E-state index in [4.69, 9.17) is 5.84 Å². The quantitative estimate of drug-likeness (QED) is 0.399. The van der Waals surface area contributed by atoms with E-state index in [1.54, 1.807) is 12.4 Å². The molecule has 2 aromatic heterocycles. The lowest BCUT2D eigenvalue weighted by Gasteiger charge is -2.07. The predicted octanol–water partition coefficient (Wildman–Crippen LogP) is 0.720. The molecule has 9 nitrogen and oxygen atoms in total. The third-order valence-electron chi connectivity index (χ3n) is 2.52. The molecule has 0 aliphatic rings. The van der Waals surface area contributed by atoms with Crippen LogP contribution in [0.15, 0.2) is 30.7 Å². The van der Waals surface area contributed by atoms with Crippen molar-refractivity contribution in [2.45, 2.75) is 6.42 Å². The standard InChI is InChI=1S/C11H13N7O2/c12-17-11-15-7-9(18(19)20)10(16-11)14-5-3-8-2-1-4-13-6-8/h1-2,4,6-7H,3,5,12H2,(H2,14,15,16,17). The van der Waals surface area contributed by atoms with Crippen LogP contribution in [0.25, 0.3) is 0 Å². The number of nitrogens with two attached hydrogens (primary N) is 1. The van der Waals surface area contributed by atoms with Crippen molar-refractivity contribution in [2.24, 2.45) is 5.84 Å². The molecule has 0 unspecified atom stereocenters. The van der Waals surface area contributed by atoms with Crippen molar-refractivity contribution in [3.8, 4) is 0 Å². The molecule has 20 heavy (non-hydrogen) atoms. The molecule has 0 saturated carbocycles. The number of anilines is 2. The first-order valence-corrected chi connectivity index (χ1v) is 5.81. The number of pyridine rings is 1. The molecule has 0 radical (unpaired) electrons. The van der Waals surface area contributed by atoms with Crippen molar-refractivity contribution in [3.63, 3.8) is 0 Å². The average molecular weight is 275 g/mol. The van der Waals surface area contributed by atoms with E-state index in [0.717, 1.165) is 11.8 Å². The molecule has 0 amide bonds. The molecule has 2 heterocycles. The number of hydrazine groups is 1. The van der Waals surface area contributed by atoms with Crippen LogP contribution in [-0.2, 0) is 6.42 Å². The lowest BCUT2D eigenvalue weighted by atomic mass is 10.2. The molecule has 0 aliphatic heterocycles. The van der Waals surface area contributed by atoms with E-state index in [2.05, 4.69) is 25.7 Å². The summed E-state index contributed by atoms with van der Waals surface area (Å²) in [6, 6.07) is 3.76. The van der Waals surface area contributed by atoms with E-state index in [0.29, 0.717) is 13.0 Å². The highest BCUT2D eigenvalue weighted by Gasteiger charge is 2.16. The Morgan fingerprint density at radius 2 is 2.25 bits per heavy atom. The van der Waals surface area contributed by atoms with Crippen LogP contribution in [0.2, 0.25) is 0 Å². The highest BCUT2D eigenvalue weighted by atomic mass is 16.6. The van der Waals surface area contributed by atoms with E-state index in [-0.39, 0.29) is 17.5 Å². The molecular formula is C11H13N7O2. The number of nitrogen functional groups attached to an aromatic ring is 1. The molecule has 104 valence electrons. The SMILES string of the molecule is NNc1ncc([N+](=O)[O-])c(NCCc2cccnc2)n1. The Bertz CT molecular complexity index is 591. The summed E-state index contributed by atoms with van der Waals surface area (Å²) in [4.78, 5) is 22.0. The molecular weight excluding hydrogens is 262 g/mol. The maximum atomic E-state index is 10.9. The van der Waals surface area contributed by atoms with Gasteiger partial charge in [0.2, 0.25) is 11.8 Å². The maximum absolute atomic E-state index is 10.9. The van der Waals surface area contributed by atoms with Crippen LogP contribution < -0.4 is 16.6 Å². The number of rotatable bonds is 6. The van der Waals surface area contributed by atoms with Gasteiger partial charge in [-0.2, -0.15) is 4.98 Å². The molecule has 0 bridgehead atoms. The van der Waals surface area contributed by atoms with Gasteiger partial charge in [-0.1, -0.05) is 6.07 Å². The zero-order valence-electron chi connectivity index (χ0n) is 10.5. The van der Waals surface area contributed by atoms with Crippen molar-refractivity contribution >= 4 is 17.5 Å². The zero-order valence-corrected chi connectivity index (χ0v) is 10.5. The Labute approximate surface area is 114 Å². The third kappa shape index (κ3) is 3.36. The fraction of sp³-hybridized carbons (Fsp3) is 0.182. The van der Waals surface area contributed by atoms with Crippen LogP contribution in [0.4, 0.5) is 17.5 Å². The second-order valence-corrected chi connectivity index (χ2v) is 3.87. The van der Waals surface area contributed by atoms with Gasteiger partial charge in [0.25, 0.3) is 0 Å². The number of aromatic nitrogens is 3. The van der Waals surface area contributed by atoms with Crippen molar-refractivity contribution in [2.75, 3.05) is 17.3 Å². The van der Waals surface area contributed by atoms with E-state index in [1.165, 1.54) is 0 Å². The van der Waals surface area contributed by atoms with Crippen molar-refractivity contribution < 1.29 is 4.92 Å². The van der Waals surface area contributed by atoms with E-state index in [9.17, 15) is 10.1 Å². The van der Waals surface area contributed by atoms with Gasteiger partial charge in [0, 0.05) is 18.9 Å².